The maximum atomic E-state index is 3.72. The lowest BCUT2D eigenvalue weighted by atomic mass is 10.1. The van der Waals surface area contributed by atoms with Crippen LogP contribution in [0.5, 0.6) is 0 Å². The van der Waals surface area contributed by atoms with Crippen LogP contribution in [0, 0.1) is 0 Å². The topological polar surface area (TPSA) is 9.86 Å². The molecule has 8 rings (SSSR count). The molecule has 7 aromatic rings. The van der Waals surface area contributed by atoms with E-state index in [1.807, 2.05) is 24.3 Å². The molecule has 5 aromatic carbocycles. The third-order valence-corrected chi connectivity index (χ3v) is 9.53. The summed E-state index contributed by atoms with van der Waals surface area (Å²) in [6.45, 7) is 3.72. The molecule has 2 nitrogen and oxygen atoms in total. The molecule has 0 fully saturated rings. The van der Waals surface area contributed by atoms with Crippen LogP contribution in [0.25, 0.3) is 67.8 Å². The third-order valence-electron chi connectivity index (χ3n) is 9.53. The van der Waals surface area contributed by atoms with Gasteiger partial charge in [-0.25, -0.2) is 0 Å². The Kier molecular flexibility index (Phi) is 9.44. The Morgan fingerprint density at radius 1 is 0.481 bits per heavy atom. The van der Waals surface area contributed by atoms with Crippen molar-refractivity contribution in [3.8, 4) is 33.9 Å². The molecular weight excluding hydrogens is 629 g/mol. The van der Waals surface area contributed by atoms with Crippen LogP contribution in [0.1, 0.15) is 24.0 Å². The SMILES string of the molecule is C=C\C=C/C=C/C=C/c1ccc(-n2c(-c3ccccc3)cc3cc4c(cc(-c5ccccc5)n4-c4ccc(/C=C/C5=CCCC=C5)cc4)cc32)cc1. The molecule has 250 valence electrons. The summed E-state index contributed by atoms with van der Waals surface area (Å²) in [6.07, 6.45) is 27.3. The summed E-state index contributed by atoms with van der Waals surface area (Å²) in [4.78, 5) is 0. The first-order valence-electron chi connectivity index (χ1n) is 17.9. The Morgan fingerprint density at radius 3 is 1.52 bits per heavy atom. The van der Waals surface area contributed by atoms with Crippen molar-refractivity contribution >= 4 is 34.0 Å². The minimum atomic E-state index is 1.11. The second-order valence-electron chi connectivity index (χ2n) is 13.0. The molecule has 0 saturated carbocycles. The van der Waals surface area contributed by atoms with E-state index in [-0.39, 0.29) is 0 Å². The van der Waals surface area contributed by atoms with Gasteiger partial charge in [-0.1, -0.05) is 164 Å². The average molecular weight is 669 g/mol. The zero-order chi connectivity index (χ0) is 35.1. The zero-order valence-corrected chi connectivity index (χ0v) is 29.1. The van der Waals surface area contributed by atoms with Gasteiger partial charge in [0, 0.05) is 22.1 Å². The fraction of sp³-hybridized carbons (Fsp3) is 0.0400. The van der Waals surface area contributed by atoms with Crippen LogP contribution < -0.4 is 0 Å². The lowest BCUT2D eigenvalue weighted by Gasteiger charge is -2.13. The first kappa shape index (κ1) is 32.6. The quantitative estimate of drug-likeness (QED) is 0.128. The maximum Gasteiger partial charge on any atom is 0.0542 e. The fourth-order valence-corrected chi connectivity index (χ4v) is 6.97. The van der Waals surface area contributed by atoms with E-state index in [0.29, 0.717) is 0 Å². The molecule has 0 radical (unpaired) electrons. The zero-order valence-electron chi connectivity index (χ0n) is 29.1. The van der Waals surface area contributed by atoms with Gasteiger partial charge in [-0.15, -0.1) is 0 Å². The van der Waals surface area contributed by atoms with E-state index in [4.69, 9.17) is 0 Å². The van der Waals surface area contributed by atoms with Crippen LogP contribution in [0.4, 0.5) is 0 Å². The number of aromatic nitrogens is 2. The van der Waals surface area contributed by atoms with E-state index < -0.39 is 0 Å². The predicted molar refractivity (Wildman–Crippen MR) is 224 cm³/mol. The van der Waals surface area contributed by atoms with E-state index in [9.17, 15) is 0 Å². The minimum absolute atomic E-state index is 1.11. The van der Waals surface area contributed by atoms with Crippen molar-refractivity contribution < 1.29 is 0 Å². The molecule has 52 heavy (non-hydrogen) atoms. The van der Waals surface area contributed by atoms with E-state index in [1.165, 1.54) is 49.8 Å². The number of benzene rings is 5. The summed E-state index contributed by atoms with van der Waals surface area (Å²) < 4.78 is 4.81. The molecule has 1 aliphatic rings. The summed E-state index contributed by atoms with van der Waals surface area (Å²) in [6, 6.07) is 48.5. The van der Waals surface area contributed by atoms with Crippen molar-refractivity contribution in [2.24, 2.45) is 0 Å². The lowest BCUT2D eigenvalue weighted by Crippen LogP contribution is -1.98. The summed E-state index contributed by atoms with van der Waals surface area (Å²) in [7, 11) is 0. The van der Waals surface area contributed by atoms with Crippen molar-refractivity contribution in [3.63, 3.8) is 0 Å². The normalized spacial score (nSPS) is 13.4. The van der Waals surface area contributed by atoms with Crippen LogP contribution in [0.15, 0.2) is 206 Å². The van der Waals surface area contributed by atoms with Gasteiger partial charge < -0.3 is 9.13 Å². The third kappa shape index (κ3) is 6.88. The summed E-state index contributed by atoms with van der Waals surface area (Å²) in [5.41, 5.74) is 12.9. The Labute approximate surface area is 306 Å². The average Bonchev–Trinajstić information content (AvgIpc) is 3.77. The van der Waals surface area contributed by atoms with Gasteiger partial charge in [-0.05, 0) is 89.2 Å². The van der Waals surface area contributed by atoms with Crippen molar-refractivity contribution in [1.29, 1.82) is 0 Å². The first-order chi connectivity index (χ1) is 25.7. The van der Waals surface area contributed by atoms with Crippen molar-refractivity contribution in [3.05, 3.63) is 217 Å². The van der Waals surface area contributed by atoms with Crippen LogP contribution in [0.3, 0.4) is 0 Å². The number of nitrogens with zero attached hydrogens (tertiary/aromatic N) is 2. The van der Waals surface area contributed by atoms with E-state index >= 15 is 0 Å². The van der Waals surface area contributed by atoms with E-state index in [2.05, 4.69) is 192 Å². The summed E-state index contributed by atoms with van der Waals surface area (Å²) in [5.74, 6) is 0. The lowest BCUT2D eigenvalue weighted by molar-refractivity contribution is 1.03. The van der Waals surface area contributed by atoms with Crippen LogP contribution in [0.2, 0.25) is 0 Å². The Morgan fingerprint density at radius 2 is 1.00 bits per heavy atom. The molecule has 0 aliphatic heterocycles. The van der Waals surface area contributed by atoms with Gasteiger partial charge in [-0.2, -0.15) is 0 Å². The van der Waals surface area contributed by atoms with Crippen molar-refractivity contribution in [2.45, 2.75) is 12.8 Å². The molecule has 0 N–H and O–H groups in total. The molecule has 1 aliphatic carbocycles. The minimum Gasteiger partial charge on any atom is -0.309 e. The van der Waals surface area contributed by atoms with Gasteiger partial charge in [0.1, 0.15) is 0 Å². The van der Waals surface area contributed by atoms with Crippen molar-refractivity contribution in [1.82, 2.24) is 9.13 Å². The number of hydrogen-bond donors (Lipinski definition) is 0. The highest BCUT2D eigenvalue weighted by Gasteiger charge is 2.18. The number of rotatable bonds is 10. The van der Waals surface area contributed by atoms with Crippen molar-refractivity contribution in [2.75, 3.05) is 0 Å². The van der Waals surface area contributed by atoms with Crippen LogP contribution in [-0.4, -0.2) is 9.13 Å². The molecule has 0 saturated heterocycles. The number of allylic oxidation sites excluding steroid dienone is 11. The van der Waals surface area contributed by atoms with Crippen LogP contribution in [-0.2, 0) is 0 Å². The molecule has 2 heteroatoms. The predicted octanol–water partition coefficient (Wildman–Crippen LogP) is 13.5. The monoisotopic (exact) mass is 668 g/mol. The first-order valence-corrected chi connectivity index (χ1v) is 17.9. The Balaban J connectivity index is 1.24. The van der Waals surface area contributed by atoms with Gasteiger partial charge >= 0.3 is 0 Å². The molecule has 0 atom stereocenters. The smallest absolute Gasteiger partial charge is 0.0542 e. The second-order valence-corrected chi connectivity index (χ2v) is 13.0. The number of hydrogen-bond acceptors (Lipinski definition) is 0. The highest BCUT2D eigenvalue weighted by atomic mass is 15.0. The molecule has 0 spiro atoms. The molecule has 0 bridgehead atoms. The van der Waals surface area contributed by atoms with Gasteiger partial charge in [0.25, 0.3) is 0 Å². The maximum absolute atomic E-state index is 3.72. The summed E-state index contributed by atoms with van der Waals surface area (Å²) >= 11 is 0. The van der Waals surface area contributed by atoms with E-state index in [1.54, 1.807) is 6.08 Å². The largest absolute Gasteiger partial charge is 0.309 e. The second kappa shape index (κ2) is 15.1. The highest BCUT2D eigenvalue weighted by molar-refractivity contribution is 6.02. The van der Waals surface area contributed by atoms with Gasteiger partial charge in [0.2, 0.25) is 0 Å². The Bertz CT molecular complexity index is 2530. The van der Waals surface area contributed by atoms with Gasteiger partial charge in [-0.3, -0.25) is 0 Å². The molecule has 2 aromatic heterocycles. The molecule has 0 amide bonds. The molecule has 2 heterocycles. The Hall–Kier alpha value is -6.64. The van der Waals surface area contributed by atoms with Crippen LogP contribution >= 0.6 is 0 Å². The fourth-order valence-electron chi connectivity index (χ4n) is 6.97. The van der Waals surface area contributed by atoms with Gasteiger partial charge in [0.15, 0.2) is 0 Å². The summed E-state index contributed by atoms with van der Waals surface area (Å²) in [5, 5.41) is 2.39. The van der Waals surface area contributed by atoms with Gasteiger partial charge in [0.05, 0.1) is 22.4 Å². The standard InChI is InChI=1S/C50H40N2/c1-2-3-4-5-6-10-19-39-26-30-45(31-27-39)51-47(41-20-13-8-14-21-41)34-43-37-50-44(36-49(43)51)35-48(42-22-15-9-16-23-42)52(50)46-32-28-40(29-33-46)25-24-38-17-11-7-12-18-38/h2-6,8-11,13-37H,1,7,12H2/b4-3-,6-5+,19-10+,25-24+. The highest BCUT2D eigenvalue weighted by Crippen LogP contribution is 2.38. The molecule has 0 unspecified atom stereocenters. The number of fused-ring (bicyclic) bond motifs is 2. The van der Waals surface area contributed by atoms with E-state index in [0.717, 1.165) is 35.5 Å². The molecular formula is C50H40N2.